The van der Waals surface area contributed by atoms with Gasteiger partial charge in [-0.15, -0.1) is 0 Å². The van der Waals surface area contributed by atoms with Crippen LogP contribution in [0.25, 0.3) is 11.0 Å². The number of nitro groups is 1. The third-order valence-corrected chi connectivity index (χ3v) is 2.21. The second-order valence-electron chi connectivity index (χ2n) is 3.19. The van der Waals surface area contributed by atoms with Crippen LogP contribution < -0.4 is 5.43 Å². The lowest BCUT2D eigenvalue weighted by Crippen LogP contribution is -2.08. The Morgan fingerprint density at radius 1 is 1.44 bits per heavy atom. The molecule has 0 radical (unpaired) electrons. The van der Waals surface area contributed by atoms with Crippen LogP contribution in [0.3, 0.4) is 0 Å². The van der Waals surface area contributed by atoms with Crippen molar-refractivity contribution in [2.45, 2.75) is 6.61 Å². The summed E-state index contributed by atoms with van der Waals surface area (Å²) in [5.74, 6) is 0. The number of hydrogen-bond acceptors (Lipinski definition) is 5. The number of hydrogen-bond donors (Lipinski definition) is 1. The van der Waals surface area contributed by atoms with Crippen molar-refractivity contribution in [2.24, 2.45) is 0 Å². The molecule has 0 fully saturated rings. The Hall–Kier alpha value is -2.21. The molecule has 0 spiro atoms. The number of nitrogens with zero attached hydrogens (tertiary/aromatic N) is 1. The largest absolute Gasteiger partial charge is 0.464 e. The van der Waals surface area contributed by atoms with Crippen molar-refractivity contribution in [1.29, 1.82) is 0 Å². The Morgan fingerprint density at radius 3 is 2.81 bits per heavy atom. The van der Waals surface area contributed by atoms with Gasteiger partial charge >= 0.3 is 0 Å². The van der Waals surface area contributed by atoms with E-state index in [1.54, 1.807) is 0 Å². The minimum absolute atomic E-state index is 0.0768. The van der Waals surface area contributed by atoms with Gasteiger partial charge in [0.25, 0.3) is 5.69 Å². The minimum atomic E-state index is -0.593. The minimum Gasteiger partial charge on any atom is -0.464 e. The van der Waals surface area contributed by atoms with Gasteiger partial charge in [-0.1, -0.05) is 0 Å². The van der Waals surface area contributed by atoms with E-state index in [4.69, 9.17) is 9.52 Å². The SMILES string of the molecule is O=c1c(CO)coc2ccc([N+](=O)[O-])cc12. The zero-order valence-electron chi connectivity index (χ0n) is 8.04. The fourth-order valence-electron chi connectivity index (χ4n) is 1.38. The average Bonchev–Trinajstić information content (AvgIpc) is 2.29. The number of nitro benzene ring substituents is 1. The van der Waals surface area contributed by atoms with E-state index in [1.165, 1.54) is 12.1 Å². The molecule has 2 rings (SSSR count). The molecule has 16 heavy (non-hydrogen) atoms. The van der Waals surface area contributed by atoms with E-state index >= 15 is 0 Å². The molecule has 0 amide bonds. The zero-order chi connectivity index (χ0) is 11.7. The molecule has 6 heteroatoms. The summed E-state index contributed by atoms with van der Waals surface area (Å²) < 4.78 is 5.07. The molecule has 1 aromatic carbocycles. The van der Waals surface area contributed by atoms with Gasteiger partial charge in [-0.25, -0.2) is 0 Å². The van der Waals surface area contributed by atoms with Crippen LogP contribution in [0.1, 0.15) is 5.56 Å². The first-order valence-electron chi connectivity index (χ1n) is 4.43. The predicted molar refractivity (Wildman–Crippen MR) is 55.1 cm³/mol. The van der Waals surface area contributed by atoms with Gasteiger partial charge < -0.3 is 9.52 Å². The summed E-state index contributed by atoms with van der Waals surface area (Å²) in [5.41, 5.74) is -0.303. The molecule has 1 N–H and O–H groups in total. The van der Waals surface area contributed by atoms with Crippen LogP contribution in [0.2, 0.25) is 0 Å². The van der Waals surface area contributed by atoms with Crippen LogP contribution in [-0.4, -0.2) is 10.0 Å². The number of non-ortho nitro benzene ring substituents is 1. The first-order chi connectivity index (χ1) is 7.63. The highest BCUT2D eigenvalue weighted by Crippen LogP contribution is 2.18. The van der Waals surface area contributed by atoms with Gasteiger partial charge in [0.05, 0.1) is 22.5 Å². The fraction of sp³-hybridized carbons (Fsp3) is 0.100. The van der Waals surface area contributed by atoms with Crippen LogP contribution >= 0.6 is 0 Å². The van der Waals surface area contributed by atoms with Gasteiger partial charge in [0.15, 0.2) is 5.43 Å². The number of fused-ring (bicyclic) bond motifs is 1. The van der Waals surface area contributed by atoms with Crippen molar-refractivity contribution in [3.8, 4) is 0 Å². The summed E-state index contributed by atoms with van der Waals surface area (Å²) in [6, 6.07) is 3.75. The maximum atomic E-state index is 11.7. The molecule has 1 heterocycles. The van der Waals surface area contributed by atoms with E-state index in [-0.39, 0.29) is 22.2 Å². The van der Waals surface area contributed by atoms with Gasteiger partial charge in [-0.2, -0.15) is 0 Å². The predicted octanol–water partition coefficient (Wildman–Crippen LogP) is 1.19. The summed E-state index contributed by atoms with van der Waals surface area (Å²) in [6.45, 7) is -0.457. The van der Waals surface area contributed by atoms with Gasteiger partial charge in [0, 0.05) is 12.1 Å². The first kappa shape index (κ1) is 10.3. The molecule has 2 aromatic rings. The summed E-state index contributed by atoms with van der Waals surface area (Å²) in [5, 5.41) is 19.5. The standard InChI is InChI=1S/C10H7NO5/c12-4-6-5-16-9-2-1-7(11(14)15)3-8(9)10(6)13/h1-3,5,12H,4H2. The molecule has 0 aliphatic heterocycles. The summed E-state index contributed by atoms with van der Waals surface area (Å²) >= 11 is 0. The zero-order valence-corrected chi connectivity index (χ0v) is 8.04. The van der Waals surface area contributed by atoms with E-state index < -0.39 is 17.0 Å². The molecule has 0 aliphatic carbocycles. The van der Waals surface area contributed by atoms with Crippen molar-refractivity contribution in [2.75, 3.05) is 0 Å². The smallest absolute Gasteiger partial charge is 0.270 e. The summed E-state index contributed by atoms with van der Waals surface area (Å²) in [6.07, 6.45) is 1.15. The Morgan fingerprint density at radius 2 is 2.19 bits per heavy atom. The maximum absolute atomic E-state index is 11.7. The quantitative estimate of drug-likeness (QED) is 0.607. The molecule has 0 saturated carbocycles. The lowest BCUT2D eigenvalue weighted by molar-refractivity contribution is -0.384. The molecule has 6 nitrogen and oxygen atoms in total. The molecular formula is C10H7NO5. The third-order valence-electron chi connectivity index (χ3n) is 2.21. The lowest BCUT2D eigenvalue weighted by atomic mass is 10.1. The fourth-order valence-corrected chi connectivity index (χ4v) is 1.38. The second kappa shape index (κ2) is 3.74. The van der Waals surface area contributed by atoms with Crippen molar-refractivity contribution in [3.05, 3.63) is 50.4 Å². The Labute approximate surface area is 88.9 Å². The van der Waals surface area contributed by atoms with Crippen molar-refractivity contribution in [1.82, 2.24) is 0 Å². The van der Waals surface area contributed by atoms with Gasteiger partial charge in [0.1, 0.15) is 11.8 Å². The third kappa shape index (κ3) is 1.55. The highest BCUT2D eigenvalue weighted by atomic mass is 16.6. The van der Waals surface area contributed by atoms with Gasteiger partial charge in [-0.05, 0) is 6.07 Å². The van der Waals surface area contributed by atoms with Crippen LogP contribution in [0.15, 0.2) is 33.7 Å². The number of aliphatic hydroxyl groups is 1. The van der Waals surface area contributed by atoms with Crippen LogP contribution in [0.5, 0.6) is 0 Å². The van der Waals surface area contributed by atoms with E-state index in [1.807, 2.05) is 0 Å². The molecule has 82 valence electrons. The number of aliphatic hydroxyl groups excluding tert-OH is 1. The van der Waals surface area contributed by atoms with Gasteiger partial charge in [0.2, 0.25) is 0 Å². The van der Waals surface area contributed by atoms with E-state index in [0.29, 0.717) is 0 Å². The molecule has 0 aliphatic rings. The van der Waals surface area contributed by atoms with E-state index in [0.717, 1.165) is 12.3 Å². The van der Waals surface area contributed by atoms with E-state index in [9.17, 15) is 14.9 Å². The van der Waals surface area contributed by atoms with Crippen molar-refractivity contribution in [3.63, 3.8) is 0 Å². The van der Waals surface area contributed by atoms with Crippen LogP contribution in [0, 0.1) is 10.1 Å². The summed E-state index contributed by atoms with van der Waals surface area (Å²) in [4.78, 5) is 21.6. The maximum Gasteiger partial charge on any atom is 0.270 e. The topological polar surface area (TPSA) is 93.6 Å². The van der Waals surface area contributed by atoms with Crippen molar-refractivity contribution < 1.29 is 14.4 Å². The molecule has 0 unspecified atom stereocenters. The first-order valence-corrected chi connectivity index (χ1v) is 4.43. The molecule has 0 atom stereocenters. The Bertz CT molecular complexity index is 616. The van der Waals surface area contributed by atoms with Crippen molar-refractivity contribution >= 4 is 16.7 Å². The van der Waals surface area contributed by atoms with E-state index in [2.05, 4.69) is 0 Å². The highest BCUT2D eigenvalue weighted by Gasteiger charge is 2.11. The molecule has 1 aromatic heterocycles. The second-order valence-corrected chi connectivity index (χ2v) is 3.19. The summed E-state index contributed by atoms with van der Waals surface area (Å²) in [7, 11) is 0. The van der Waals surface area contributed by atoms with Gasteiger partial charge in [-0.3, -0.25) is 14.9 Å². The normalized spacial score (nSPS) is 10.6. The molecule has 0 bridgehead atoms. The number of benzene rings is 1. The monoisotopic (exact) mass is 221 g/mol. The van der Waals surface area contributed by atoms with Crippen LogP contribution in [-0.2, 0) is 6.61 Å². The number of rotatable bonds is 2. The molecular weight excluding hydrogens is 214 g/mol. The average molecular weight is 221 g/mol. The Kier molecular flexibility index (Phi) is 2.41. The Balaban J connectivity index is 2.79. The lowest BCUT2D eigenvalue weighted by Gasteiger charge is -1.99. The van der Waals surface area contributed by atoms with Crippen LogP contribution in [0.4, 0.5) is 5.69 Å². The molecule has 0 saturated heterocycles. The highest BCUT2D eigenvalue weighted by molar-refractivity contribution is 5.79.